The zero-order valence-corrected chi connectivity index (χ0v) is 14.5. The minimum absolute atomic E-state index is 0.180. The van der Waals surface area contributed by atoms with E-state index in [1.54, 1.807) is 25.3 Å². The van der Waals surface area contributed by atoms with Crippen molar-refractivity contribution in [3.05, 3.63) is 78.1 Å². The molecule has 25 heavy (non-hydrogen) atoms. The van der Waals surface area contributed by atoms with Crippen LogP contribution in [0.15, 0.2) is 66.2 Å². The summed E-state index contributed by atoms with van der Waals surface area (Å²) in [6.07, 6.45) is 2.31. The second-order valence-electron chi connectivity index (χ2n) is 5.40. The van der Waals surface area contributed by atoms with Gasteiger partial charge in [-0.15, -0.1) is 0 Å². The number of guanidine groups is 1. The number of ether oxygens (including phenoxy) is 1. The molecule has 2 N–H and O–H groups in total. The van der Waals surface area contributed by atoms with E-state index in [1.807, 2.05) is 30.3 Å². The van der Waals surface area contributed by atoms with Gasteiger partial charge in [-0.2, -0.15) is 0 Å². The number of aliphatic imine (C=N–C) groups is 1. The van der Waals surface area contributed by atoms with Crippen LogP contribution in [0.25, 0.3) is 0 Å². The van der Waals surface area contributed by atoms with Gasteiger partial charge in [-0.05, 0) is 24.1 Å². The van der Waals surface area contributed by atoms with Crippen LogP contribution in [0.5, 0.6) is 5.75 Å². The highest BCUT2D eigenvalue weighted by Gasteiger charge is 2.05. The van der Waals surface area contributed by atoms with Crippen molar-refractivity contribution < 1.29 is 9.13 Å². The minimum atomic E-state index is -0.180. The molecule has 2 aromatic rings. The van der Waals surface area contributed by atoms with Crippen molar-refractivity contribution in [3.63, 3.8) is 0 Å². The molecule has 2 aromatic carbocycles. The van der Waals surface area contributed by atoms with E-state index >= 15 is 0 Å². The van der Waals surface area contributed by atoms with Crippen LogP contribution in [0, 0.1) is 5.82 Å². The maximum absolute atomic E-state index is 13.6. The van der Waals surface area contributed by atoms with Gasteiger partial charge < -0.3 is 15.4 Å². The zero-order valence-electron chi connectivity index (χ0n) is 14.5. The first-order valence-corrected chi connectivity index (χ1v) is 8.24. The second kappa shape index (κ2) is 10.1. The first-order valence-electron chi connectivity index (χ1n) is 8.24. The van der Waals surface area contributed by atoms with Crippen LogP contribution in [-0.4, -0.2) is 26.2 Å². The van der Waals surface area contributed by atoms with E-state index in [1.165, 1.54) is 6.07 Å². The average Bonchev–Trinajstić information content (AvgIpc) is 2.65. The molecule has 0 radical (unpaired) electrons. The molecule has 0 aliphatic heterocycles. The maximum atomic E-state index is 13.6. The van der Waals surface area contributed by atoms with Crippen molar-refractivity contribution in [1.29, 1.82) is 0 Å². The van der Waals surface area contributed by atoms with Gasteiger partial charge in [-0.25, -0.2) is 4.39 Å². The number of hydrogen-bond acceptors (Lipinski definition) is 2. The smallest absolute Gasteiger partial charge is 0.191 e. The molecule has 4 nitrogen and oxygen atoms in total. The molecule has 0 aliphatic carbocycles. The van der Waals surface area contributed by atoms with Crippen LogP contribution in [0.1, 0.15) is 11.1 Å². The molecule has 0 saturated carbocycles. The Balaban J connectivity index is 1.84. The van der Waals surface area contributed by atoms with Gasteiger partial charge in [0.1, 0.15) is 18.2 Å². The minimum Gasteiger partial charge on any atom is -0.489 e. The van der Waals surface area contributed by atoms with E-state index in [0.717, 1.165) is 11.3 Å². The van der Waals surface area contributed by atoms with E-state index < -0.39 is 0 Å². The van der Waals surface area contributed by atoms with Crippen LogP contribution in [0.4, 0.5) is 4.39 Å². The summed E-state index contributed by atoms with van der Waals surface area (Å²) in [5, 5.41) is 6.44. The Bertz CT molecular complexity index is 716. The Labute approximate surface area is 148 Å². The van der Waals surface area contributed by atoms with Gasteiger partial charge in [0.25, 0.3) is 0 Å². The summed E-state index contributed by atoms with van der Waals surface area (Å²) < 4.78 is 19.3. The first kappa shape index (κ1) is 18.5. The van der Waals surface area contributed by atoms with Crippen LogP contribution < -0.4 is 15.4 Å². The van der Waals surface area contributed by atoms with Crippen LogP contribution >= 0.6 is 0 Å². The molecular formula is C20H24FN3O. The van der Waals surface area contributed by atoms with E-state index in [-0.39, 0.29) is 5.82 Å². The number of benzene rings is 2. The molecule has 5 heteroatoms. The molecule has 2 rings (SSSR count). The molecule has 0 atom stereocenters. The Morgan fingerprint density at radius 1 is 1.12 bits per heavy atom. The fraction of sp³-hybridized carbons (Fsp3) is 0.250. The fourth-order valence-electron chi connectivity index (χ4n) is 2.36. The largest absolute Gasteiger partial charge is 0.489 e. The summed E-state index contributed by atoms with van der Waals surface area (Å²) in [4.78, 5) is 4.19. The number of nitrogens with zero attached hydrogens (tertiary/aromatic N) is 1. The standard InChI is InChI=1S/C20H24FN3O/c1-3-14-25-19-11-7-5-9-17(19)15-24-20(22-2)23-13-12-16-8-4-6-10-18(16)21/h3-11H,1,12-15H2,2H3,(H2,22,23,24). The first-order chi connectivity index (χ1) is 12.2. The lowest BCUT2D eigenvalue weighted by Gasteiger charge is -2.14. The van der Waals surface area contributed by atoms with Crippen LogP contribution in [-0.2, 0) is 13.0 Å². The lowest BCUT2D eigenvalue weighted by Crippen LogP contribution is -2.38. The Morgan fingerprint density at radius 2 is 1.84 bits per heavy atom. The summed E-state index contributed by atoms with van der Waals surface area (Å²) in [6, 6.07) is 14.6. The molecule has 0 fully saturated rings. The molecule has 0 saturated heterocycles. The highest BCUT2D eigenvalue weighted by atomic mass is 19.1. The van der Waals surface area contributed by atoms with Gasteiger partial charge in [0.15, 0.2) is 5.96 Å². The van der Waals surface area contributed by atoms with Gasteiger partial charge in [0.2, 0.25) is 0 Å². The summed E-state index contributed by atoms with van der Waals surface area (Å²) in [5.41, 5.74) is 1.72. The second-order valence-corrected chi connectivity index (χ2v) is 5.40. The molecular weight excluding hydrogens is 317 g/mol. The quantitative estimate of drug-likeness (QED) is 0.440. The van der Waals surface area contributed by atoms with E-state index in [4.69, 9.17) is 4.74 Å². The van der Waals surface area contributed by atoms with Crippen LogP contribution in [0.3, 0.4) is 0 Å². The lowest BCUT2D eigenvalue weighted by molar-refractivity contribution is 0.358. The highest BCUT2D eigenvalue weighted by molar-refractivity contribution is 5.79. The number of nitrogens with one attached hydrogen (secondary N) is 2. The summed E-state index contributed by atoms with van der Waals surface area (Å²) in [7, 11) is 1.71. The maximum Gasteiger partial charge on any atom is 0.191 e. The fourth-order valence-corrected chi connectivity index (χ4v) is 2.36. The average molecular weight is 341 g/mol. The third kappa shape index (κ3) is 5.95. The predicted molar refractivity (Wildman–Crippen MR) is 100 cm³/mol. The number of rotatable bonds is 8. The molecule has 0 bridgehead atoms. The van der Waals surface area contributed by atoms with E-state index in [2.05, 4.69) is 22.2 Å². The Morgan fingerprint density at radius 3 is 2.56 bits per heavy atom. The van der Waals surface area contributed by atoms with Crippen molar-refractivity contribution in [3.8, 4) is 5.75 Å². The topological polar surface area (TPSA) is 45.6 Å². The Hall–Kier alpha value is -2.82. The summed E-state index contributed by atoms with van der Waals surface area (Å²) in [5.74, 6) is 1.30. The van der Waals surface area contributed by atoms with Crippen LogP contribution in [0.2, 0.25) is 0 Å². The van der Waals surface area contributed by atoms with Gasteiger partial charge in [0, 0.05) is 25.7 Å². The van der Waals surface area contributed by atoms with E-state index in [0.29, 0.717) is 37.6 Å². The SMILES string of the molecule is C=CCOc1ccccc1CNC(=NC)NCCc1ccccc1F. The third-order valence-corrected chi connectivity index (χ3v) is 3.64. The predicted octanol–water partition coefficient (Wildman–Crippen LogP) is 3.30. The summed E-state index contributed by atoms with van der Waals surface area (Å²) >= 11 is 0. The normalized spacial score (nSPS) is 11.0. The van der Waals surface area contributed by atoms with Crippen molar-refractivity contribution >= 4 is 5.96 Å². The lowest BCUT2D eigenvalue weighted by atomic mass is 10.1. The third-order valence-electron chi connectivity index (χ3n) is 3.64. The zero-order chi connectivity index (χ0) is 17.9. The van der Waals surface area contributed by atoms with Crippen molar-refractivity contribution in [2.24, 2.45) is 4.99 Å². The van der Waals surface area contributed by atoms with Crippen molar-refractivity contribution in [1.82, 2.24) is 10.6 Å². The Kier molecular flexibility index (Phi) is 7.50. The monoisotopic (exact) mass is 341 g/mol. The van der Waals surface area contributed by atoms with Crippen molar-refractivity contribution in [2.75, 3.05) is 20.2 Å². The van der Waals surface area contributed by atoms with E-state index in [9.17, 15) is 4.39 Å². The molecule has 0 aliphatic rings. The number of halogens is 1. The molecule has 0 heterocycles. The molecule has 0 spiro atoms. The van der Waals surface area contributed by atoms with Gasteiger partial charge >= 0.3 is 0 Å². The van der Waals surface area contributed by atoms with Gasteiger partial charge in [-0.3, -0.25) is 4.99 Å². The summed E-state index contributed by atoms with van der Waals surface area (Å²) in [6.45, 7) is 5.29. The molecule has 0 aromatic heterocycles. The molecule has 0 unspecified atom stereocenters. The molecule has 132 valence electrons. The van der Waals surface area contributed by atoms with Gasteiger partial charge in [-0.1, -0.05) is 49.1 Å². The van der Waals surface area contributed by atoms with Gasteiger partial charge in [0.05, 0.1) is 0 Å². The molecule has 0 amide bonds. The highest BCUT2D eigenvalue weighted by Crippen LogP contribution is 2.17. The number of para-hydroxylation sites is 1. The number of hydrogen-bond donors (Lipinski definition) is 2. The van der Waals surface area contributed by atoms with Crippen molar-refractivity contribution in [2.45, 2.75) is 13.0 Å².